The molecule has 0 unspecified atom stereocenters. The second-order valence-corrected chi connectivity index (χ2v) is 11.0. The minimum absolute atomic E-state index is 0.0350. The molecule has 0 fully saturated rings. The Morgan fingerprint density at radius 1 is 0.510 bits per heavy atom. The Bertz CT molecular complexity index is 1910. The molecule has 0 atom stereocenters. The van der Waals surface area contributed by atoms with Crippen LogP contribution in [0.3, 0.4) is 0 Å². The third-order valence-corrected chi connectivity index (χ3v) is 7.02. The maximum Gasteiger partial charge on any atom is 0.343 e. The van der Waals surface area contributed by atoms with E-state index in [1.165, 1.54) is 18.2 Å². The first-order chi connectivity index (χ1) is 23.9. The van der Waals surface area contributed by atoms with Crippen LogP contribution < -0.4 is 18.9 Å². The zero-order valence-electron chi connectivity index (χ0n) is 26.9. The quantitative estimate of drug-likeness (QED) is 0.0655. The highest BCUT2D eigenvalue weighted by atomic mass is 35.5. The molecular formula is C38H33ClN4O6. The van der Waals surface area contributed by atoms with Crippen molar-refractivity contribution in [1.29, 1.82) is 0 Å². The number of carbonyl (C=O) groups is 2. The van der Waals surface area contributed by atoms with E-state index in [9.17, 15) is 9.59 Å². The Morgan fingerprint density at radius 3 is 1.29 bits per heavy atom. The first kappa shape index (κ1) is 34.5. The Labute approximate surface area is 289 Å². The maximum absolute atomic E-state index is 12.9. The second kappa shape index (κ2) is 17.3. The summed E-state index contributed by atoms with van der Waals surface area (Å²) in [5.41, 5.74) is 3.00. The highest BCUT2D eigenvalue weighted by Crippen LogP contribution is 2.31. The molecule has 0 N–H and O–H groups in total. The normalized spacial score (nSPS) is 11.1. The Hall–Kier alpha value is -5.87. The van der Waals surface area contributed by atoms with E-state index in [2.05, 4.69) is 20.5 Å². The molecule has 0 aliphatic carbocycles. The van der Waals surface area contributed by atoms with E-state index in [1.54, 1.807) is 48.5 Å². The number of ether oxygens (including phenoxy) is 4. The number of carbonyl (C=O) groups excluding carboxylic acids is 2. The van der Waals surface area contributed by atoms with Crippen molar-refractivity contribution in [3.05, 3.63) is 131 Å². The van der Waals surface area contributed by atoms with Crippen molar-refractivity contribution >= 4 is 46.3 Å². The van der Waals surface area contributed by atoms with Crippen LogP contribution in [0.15, 0.2) is 136 Å². The van der Waals surface area contributed by atoms with Crippen LogP contribution in [0.4, 0.5) is 22.7 Å². The van der Waals surface area contributed by atoms with Crippen molar-refractivity contribution < 1.29 is 28.5 Å². The lowest BCUT2D eigenvalue weighted by molar-refractivity contribution is 0.0733. The van der Waals surface area contributed by atoms with Crippen LogP contribution >= 0.6 is 11.6 Å². The first-order valence-corrected chi connectivity index (χ1v) is 16.0. The smallest absolute Gasteiger partial charge is 0.343 e. The van der Waals surface area contributed by atoms with Gasteiger partial charge in [0, 0.05) is 6.07 Å². The van der Waals surface area contributed by atoms with Gasteiger partial charge in [-0.3, -0.25) is 0 Å². The van der Waals surface area contributed by atoms with Gasteiger partial charge >= 0.3 is 11.9 Å². The minimum atomic E-state index is -0.651. The van der Waals surface area contributed by atoms with Gasteiger partial charge in [0.15, 0.2) is 5.75 Å². The van der Waals surface area contributed by atoms with Gasteiger partial charge in [-0.25, -0.2) is 9.59 Å². The summed E-state index contributed by atoms with van der Waals surface area (Å²) in [6, 6.07) is 31.9. The van der Waals surface area contributed by atoms with Crippen molar-refractivity contribution in [3.63, 3.8) is 0 Å². The lowest BCUT2D eigenvalue weighted by Crippen LogP contribution is -2.10. The molecule has 248 valence electrons. The van der Waals surface area contributed by atoms with Crippen molar-refractivity contribution in [2.75, 3.05) is 13.2 Å². The average molecular weight is 677 g/mol. The van der Waals surface area contributed by atoms with E-state index in [4.69, 9.17) is 30.5 Å². The number of hydrogen-bond acceptors (Lipinski definition) is 10. The number of halogens is 1. The van der Waals surface area contributed by atoms with Crippen LogP contribution in [-0.2, 0) is 0 Å². The largest absolute Gasteiger partial charge is 0.494 e. The summed E-state index contributed by atoms with van der Waals surface area (Å²) in [6.45, 7) is 5.40. The number of rotatable bonds is 14. The van der Waals surface area contributed by atoms with E-state index in [-0.39, 0.29) is 22.1 Å². The molecule has 0 radical (unpaired) electrons. The number of azo groups is 2. The third kappa shape index (κ3) is 10.3. The highest BCUT2D eigenvalue weighted by Gasteiger charge is 2.15. The molecule has 0 heterocycles. The van der Waals surface area contributed by atoms with Crippen LogP contribution in [0.2, 0.25) is 5.02 Å². The van der Waals surface area contributed by atoms with E-state index in [0.717, 1.165) is 24.3 Å². The number of benzene rings is 5. The first-order valence-electron chi connectivity index (χ1n) is 15.6. The van der Waals surface area contributed by atoms with Gasteiger partial charge < -0.3 is 18.9 Å². The van der Waals surface area contributed by atoms with Crippen LogP contribution in [0, 0.1) is 0 Å². The second-order valence-electron chi connectivity index (χ2n) is 10.5. The maximum atomic E-state index is 12.9. The van der Waals surface area contributed by atoms with Gasteiger partial charge in [-0.15, -0.1) is 0 Å². The van der Waals surface area contributed by atoms with E-state index in [1.807, 2.05) is 62.4 Å². The molecule has 0 aliphatic heterocycles. The fourth-order valence-electron chi connectivity index (χ4n) is 4.17. The van der Waals surface area contributed by atoms with Crippen LogP contribution in [0.5, 0.6) is 23.0 Å². The molecule has 0 spiro atoms. The molecule has 10 nitrogen and oxygen atoms in total. The molecule has 5 aromatic rings. The van der Waals surface area contributed by atoms with Crippen LogP contribution in [0.1, 0.15) is 47.4 Å². The summed E-state index contributed by atoms with van der Waals surface area (Å²) < 4.78 is 22.2. The number of nitrogens with zero attached hydrogens (tertiary/aromatic N) is 4. The van der Waals surface area contributed by atoms with E-state index < -0.39 is 11.9 Å². The van der Waals surface area contributed by atoms with Gasteiger partial charge in [0.1, 0.15) is 17.2 Å². The highest BCUT2D eigenvalue weighted by molar-refractivity contribution is 6.32. The lowest BCUT2D eigenvalue weighted by Gasteiger charge is -2.09. The standard InChI is InChI=1S/C38H33ClN4O6/c1-3-23-46-32-17-13-30(14-18-32)42-40-28-9-5-26(6-10-28)37(44)48-34-21-22-35(39)36(25-34)49-38(45)27-7-11-29(12-8-27)41-43-31-15-19-33(20-16-31)47-24-4-2/h5-22,25H,3-4,23-24H2,1-2H3. The van der Waals surface area contributed by atoms with Crippen LogP contribution in [0.25, 0.3) is 0 Å². The van der Waals surface area contributed by atoms with E-state index >= 15 is 0 Å². The van der Waals surface area contributed by atoms with E-state index in [0.29, 0.717) is 41.5 Å². The summed E-state index contributed by atoms with van der Waals surface area (Å²) in [5, 5.41) is 17.0. The van der Waals surface area contributed by atoms with Crippen molar-refractivity contribution in [2.45, 2.75) is 26.7 Å². The summed E-state index contributed by atoms with van der Waals surface area (Å²) in [6.07, 6.45) is 1.86. The zero-order chi connectivity index (χ0) is 34.4. The Kier molecular flexibility index (Phi) is 12.2. The fraction of sp³-hybridized carbons (Fsp3) is 0.158. The summed E-state index contributed by atoms with van der Waals surface area (Å²) >= 11 is 6.28. The molecule has 49 heavy (non-hydrogen) atoms. The fourth-order valence-corrected chi connectivity index (χ4v) is 4.32. The molecule has 11 heteroatoms. The SMILES string of the molecule is CCCOc1ccc(N=Nc2ccc(C(=O)Oc3ccc(Cl)c(OC(=O)c4ccc(N=Nc5ccc(OCCC)cc5)cc4)c3)cc2)cc1. The molecule has 0 aromatic heterocycles. The molecular weight excluding hydrogens is 644 g/mol. The molecule has 5 aromatic carbocycles. The third-order valence-electron chi connectivity index (χ3n) is 6.70. The average Bonchev–Trinajstić information content (AvgIpc) is 3.14. The number of esters is 2. The lowest BCUT2D eigenvalue weighted by atomic mass is 10.2. The Balaban J connectivity index is 1.15. The molecule has 5 rings (SSSR count). The van der Waals surface area contributed by atoms with Crippen molar-refractivity contribution in [2.24, 2.45) is 20.5 Å². The zero-order valence-corrected chi connectivity index (χ0v) is 27.7. The van der Waals surface area contributed by atoms with Gasteiger partial charge in [0.25, 0.3) is 0 Å². The molecule has 0 saturated heterocycles. The topological polar surface area (TPSA) is 121 Å². The number of hydrogen-bond donors (Lipinski definition) is 0. The van der Waals surface area contributed by atoms with Crippen molar-refractivity contribution in [3.8, 4) is 23.0 Å². The summed E-state index contributed by atoms with van der Waals surface area (Å²) in [5.74, 6) is 0.463. The monoisotopic (exact) mass is 676 g/mol. The van der Waals surface area contributed by atoms with Gasteiger partial charge in [-0.2, -0.15) is 20.5 Å². The van der Waals surface area contributed by atoms with Gasteiger partial charge in [-0.1, -0.05) is 25.4 Å². The van der Waals surface area contributed by atoms with Gasteiger partial charge in [0.05, 0.1) is 52.1 Å². The van der Waals surface area contributed by atoms with Crippen LogP contribution in [-0.4, -0.2) is 25.2 Å². The molecule has 0 amide bonds. The predicted octanol–water partition coefficient (Wildman–Crippen LogP) is 11.2. The summed E-state index contributed by atoms with van der Waals surface area (Å²) in [7, 11) is 0. The predicted molar refractivity (Wildman–Crippen MR) is 187 cm³/mol. The molecule has 0 saturated carbocycles. The van der Waals surface area contributed by atoms with Gasteiger partial charge in [-0.05, 0) is 122 Å². The molecule has 0 bridgehead atoms. The van der Waals surface area contributed by atoms with Crippen molar-refractivity contribution in [1.82, 2.24) is 0 Å². The Morgan fingerprint density at radius 2 is 0.878 bits per heavy atom. The van der Waals surface area contributed by atoms with Gasteiger partial charge in [0.2, 0.25) is 0 Å². The molecule has 0 aliphatic rings. The summed E-state index contributed by atoms with van der Waals surface area (Å²) in [4.78, 5) is 25.7. The minimum Gasteiger partial charge on any atom is -0.494 e.